The number of rotatable bonds is 7. The number of anilines is 1. The third-order valence-corrected chi connectivity index (χ3v) is 7.83. The van der Waals surface area contributed by atoms with Gasteiger partial charge in [0.15, 0.2) is 0 Å². The Kier molecular flexibility index (Phi) is 5.50. The van der Waals surface area contributed by atoms with Crippen molar-refractivity contribution in [2.24, 2.45) is 11.8 Å². The molecule has 3 atom stereocenters. The molecule has 0 spiro atoms. The van der Waals surface area contributed by atoms with Crippen LogP contribution in [0, 0.1) is 11.8 Å². The number of hydrogen-bond donors (Lipinski definition) is 1. The average Bonchev–Trinajstić information content (AvgIpc) is 3.36. The van der Waals surface area contributed by atoms with Crippen LogP contribution in [0.25, 0.3) is 0 Å². The van der Waals surface area contributed by atoms with Crippen LogP contribution >= 0.6 is 0 Å². The Bertz CT molecular complexity index is 977. The number of carbonyl (C=O) groups is 1. The summed E-state index contributed by atoms with van der Waals surface area (Å²) < 4.78 is 33.1. The van der Waals surface area contributed by atoms with Gasteiger partial charge in [0, 0.05) is 12.1 Å². The van der Waals surface area contributed by atoms with E-state index in [2.05, 4.69) is 5.32 Å². The topological polar surface area (TPSA) is 75.7 Å². The summed E-state index contributed by atoms with van der Waals surface area (Å²) in [4.78, 5) is 13.0. The first kappa shape index (κ1) is 19.8. The van der Waals surface area contributed by atoms with E-state index in [0.29, 0.717) is 23.3 Å². The summed E-state index contributed by atoms with van der Waals surface area (Å²) >= 11 is 0. The summed E-state index contributed by atoms with van der Waals surface area (Å²) in [6, 6.07) is 15.1. The molecule has 2 aromatic carbocycles. The van der Waals surface area contributed by atoms with Crippen LogP contribution in [0.3, 0.4) is 0 Å². The molecule has 0 aromatic heterocycles. The van der Waals surface area contributed by atoms with E-state index in [4.69, 9.17) is 4.74 Å². The van der Waals surface area contributed by atoms with Crippen molar-refractivity contribution in [3.8, 4) is 5.75 Å². The molecular weight excluding hydrogens is 388 g/mol. The van der Waals surface area contributed by atoms with Crippen molar-refractivity contribution in [3.05, 3.63) is 54.6 Å². The van der Waals surface area contributed by atoms with Crippen LogP contribution in [0.5, 0.6) is 5.75 Å². The molecule has 2 fully saturated rings. The van der Waals surface area contributed by atoms with Crippen LogP contribution in [0.15, 0.2) is 59.5 Å². The molecule has 154 valence electrons. The number of amides is 1. The number of methoxy groups -OCH3 is 1. The van der Waals surface area contributed by atoms with Gasteiger partial charge in [-0.2, -0.15) is 0 Å². The zero-order valence-electron chi connectivity index (χ0n) is 16.5. The van der Waals surface area contributed by atoms with Crippen LogP contribution in [-0.2, 0) is 14.8 Å². The van der Waals surface area contributed by atoms with E-state index in [1.54, 1.807) is 42.5 Å². The summed E-state index contributed by atoms with van der Waals surface area (Å²) in [6.07, 6.45) is 4.57. The fourth-order valence-corrected chi connectivity index (χ4v) is 6.04. The molecule has 4 rings (SSSR count). The van der Waals surface area contributed by atoms with Crippen molar-refractivity contribution in [1.82, 2.24) is 5.32 Å². The van der Waals surface area contributed by atoms with Crippen LogP contribution < -0.4 is 14.4 Å². The molecule has 2 bridgehead atoms. The number of nitrogens with one attached hydrogen (secondary N) is 1. The van der Waals surface area contributed by atoms with Gasteiger partial charge in [-0.05, 0) is 55.4 Å². The van der Waals surface area contributed by atoms with E-state index < -0.39 is 10.0 Å². The SMILES string of the molecule is COc1cccc(N(CC(=O)N[C@@H]2C[C@H]3CC[C@@H]2C3)S(=O)(=O)c2ccccc2)c1. The van der Waals surface area contributed by atoms with Crippen LogP contribution in [0.4, 0.5) is 5.69 Å². The van der Waals surface area contributed by atoms with Gasteiger partial charge in [-0.25, -0.2) is 8.42 Å². The highest BCUT2D eigenvalue weighted by Gasteiger charge is 2.40. The normalized spacial score (nSPS) is 23.0. The fraction of sp³-hybridized carbons (Fsp3) is 0.409. The molecule has 1 N–H and O–H groups in total. The molecule has 2 aromatic rings. The van der Waals surface area contributed by atoms with Crippen molar-refractivity contribution in [2.45, 2.75) is 36.6 Å². The summed E-state index contributed by atoms with van der Waals surface area (Å²) in [5.74, 6) is 1.49. The molecule has 2 saturated carbocycles. The van der Waals surface area contributed by atoms with Gasteiger partial charge in [0.05, 0.1) is 17.7 Å². The van der Waals surface area contributed by atoms with Crippen LogP contribution in [0.2, 0.25) is 0 Å². The molecule has 0 radical (unpaired) electrons. The molecule has 2 aliphatic rings. The number of ether oxygens (including phenoxy) is 1. The number of benzene rings is 2. The lowest BCUT2D eigenvalue weighted by molar-refractivity contribution is -0.120. The lowest BCUT2D eigenvalue weighted by atomic mass is 9.95. The number of fused-ring (bicyclic) bond motifs is 2. The zero-order valence-corrected chi connectivity index (χ0v) is 17.3. The summed E-state index contributed by atoms with van der Waals surface area (Å²) in [5.41, 5.74) is 0.399. The average molecular weight is 415 g/mol. The van der Waals surface area contributed by atoms with Gasteiger partial charge < -0.3 is 10.1 Å². The Hall–Kier alpha value is -2.54. The second-order valence-corrected chi connectivity index (χ2v) is 9.74. The summed E-state index contributed by atoms with van der Waals surface area (Å²) in [6.45, 7) is -0.266. The van der Waals surface area contributed by atoms with Gasteiger partial charge >= 0.3 is 0 Å². The van der Waals surface area contributed by atoms with E-state index >= 15 is 0 Å². The number of nitrogens with zero attached hydrogens (tertiary/aromatic N) is 1. The monoisotopic (exact) mass is 414 g/mol. The first-order valence-electron chi connectivity index (χ1n) is 9.98. The molecular formula is C22H26N2O4S. The summed E-state index contributed by atoms with van der Waals surface area (Å²) in [7, 11) is -2.38. The highest BCUT2D eigenvalue weighted by Crippen LogP contribution is 2.44. The third-order valence-electron chi connectivity index (χ3n) is 6.04. The lowest BCUT2D eigenvalue weighted by Gasteiger charge is -2.27. The fourth-order valence-electron chi connectivity index (χ4n) is 4.60. The molecule has 0 aliphatic heterocycles. The minimum Gasteiger partial charge on any atom is -0.497 e. The van der Waals surface area contributed by atoms with Gasteiger partial charge in [-0.3, -0.25) is 9.10 Å². The maximum atomic E-state index is 13.3. The maximum absolute atomic E-state index is 13.3. The van der Waals surface area contributed by atoms with Gasteiger partial charge in [0.2, 0.25) is 5.91 Å². The summed E-state index contributed by atoms with van der Waals surface area (Å²) in [5, 5.41) is 3.09. The Balaban J connectivity index is 1.60. The molecule has 2 aliphatic carbocycles. The quantitative estimate of drug-likeness (QED) is 0.755. The third kappa shape index (κ3) is 4.10. The molecule has 6 nitrogen and oxygen atoms in total. The number of hydrogen-bond acceptors (Lipinski definition) is 4. The Morgan fingerprint density at radius 1 is 1.10 bits per heavy atom. The van der Waals surface area contributed by atoms with E-state index in [1.165, 1.54) is 32.1 Å². The van der Waals surface area contributed by atoms with E-state index in [1.807, 2.05) is 0 Å². The number of sulfonamides is 1. The second kappa shape index (κ2) is 8.06. The lowest BCUT2D eigenvalue weighted by Crippen LogP contribution is -2.46. The number of carbonyl (C=O) groups excluding carboxylic acids is 1. The first-order valence-corrected chi connectivity index (χ1v) is 11.4. The van der Waals surface area contributed by atoms with Crippen LogP contribution in [0.1, 0.15) is 25.7 Å². The smallest absolute Gasteiger partial charge is 0.264 e. The Morgan fingerprint density at radius 3 is 2.55 bits per heavy atom. The zero-order chi connectivity index (χ0) is 20.4. The Labute approximate surface area is 171 Å². The van der Waals surface area contributed by atoms with Crippen molar-refractivity contribution >= 4 is 21.6 Å². The first-order chi connectivity index (χ1) is 14.0. The van der Waals surface area contributed by atoms with E-state index in [0.717, 1.165) is 17.1 Å². The van der Waals surface area contributed by atoms with Crippen LogP contribution in [-0.4, -0.2) is 34.0 Å². The molecule has 29 heavy (non-hydrogen) atoms. The van der Waals surface area contributed by atoms with Gasteiger partial charge in [0.1, 0.15) is 12.3 Å². The highest BCUT2D eigenvalue weighted by atomic mass is 32.2. The predicted molar refractivity (Wildman–Crippen MR) is 111 cm³/mol. The minimum absolute atomic E-state index is 0.149. The van der Waals surface area contributed by atoms with Gasteiger partial charge in [-0.1, -0.05) is 30.7 Å². The minimum atomic E-state index is -3.90. The molecule has 7 heteroatoms. The molecule has 0 unspecified atom stereocenters. The van der Waals surface area contributed by atoms with E-state index in [9.17, 15) is 13.2 Å². The molecule has 1 amide bonds. The van der Waals surface area contributed by atoms with Crippen molar-refractivity contribution in [1.29, 1.82) is 0 Å². The second-order valence-electron chi connectivity index (χ2n) is 7.88. The van der Waals surface area contributed by atoms with Crippen molar-refractivity contribution in [3.63, 3.8) is 0 Å². The maximum Gasteiger partial charge on any atom is 0.264 e. The van der Waals surface area contributed by atoms with Crippen molar-refractivity contribution < 1.29 is 17.9 Å². The molecule has 0 heterocycles. The standard InChI is InChI=1S/C22H26N2O4S/c1-28-19-7-5-6-18(14-19)24(29(26,27)20-8-3-2-4-9-20)15-22(25)23-21-13-16-10-11-17(21)12-16/h2-9,14,16-17,21H,10-13,15H2,1H3,(H,23,25)/t16-,17+,21+/m0/s1. The largest absolute Gasteiger partial charge is 0.497 e. The highest BCUT2D eigenvalue weighted by molar-refractivity contribution is 7.92. The van der Waals surface area contributed by atoms with Gasteiger partial charge in [-0.15, -0.1) is 0 Å². The molecule has 0 saturated heterocycles. The Morgan fingerprint density at radius 2 is 1.90 bits per heavy atom. The van der Waals surface area contributed by atoms with E-state index in [-0.39, 0.29) is 23.4 Å². The van der Waals surface area contributed by atoms with Gasteiger partial charge in [0.25, 0.3) is 10.0 Å². The van der Waals surface area contributed by atoms with Crippen molar-refractivity contribution in [2.75, 3.05) is 18.0 Å². The predicted octanol–water partition coefficient (Wildman–Crippen LogP) is 3.20.